The number of nitrogens with zero attached hydrogens (tertiary/aromatic N) is 1. The van der Waals surface area contributed by atoms with E-state index in [9.17, 15) is 14.4 Å². The van der Waals surface area contributed by atoms with Crippen LogP contribution in [0.4, 0.5) is 21.0 Å². The highest BCUT2D eigenvalue weighted by atomic mass is 16.5. The summed E-state index contributed by atoms with van der Waals surface area (Å²) in [6.45, 7) is 9.88. The highest BCUT2D eigenvalue weighted by Gasteiger charge is 2.36. The molecule has 8 heteroatoms. The number of rotatable bonds is 8. The summed E-state index contributed by atoms with van der Waals surface area (Å²) >= 11 is 0. The maximum atomic E-state index is 13.0. The molecule has 4 amide bonds. The second-order valence-corrected chi connectivity index (χ2v) is 8.74. The van der Waals surface area contributed by atoms with E-state index in [-0.39, 0.29) is 18.2 Å². The number of urea groups is 2. The molecular weight excluding hydrogens is 444 g/mol. The number of carbonyl (C=O) groups excluding carboxylic acids is 3. The van der Waals surface area contributed by atoms with Crippen LogP contribution in [-0.2, 0) is 16.0 Å². The van der Waals surface area contributed by atoms with E-state index >= 15 is 0 Å². The van der Waals surface area contributed by atoms with Crippen LogP contribution in [-0.4, -0.2) is 35.6 Å². The Morgan fingerprint density at radius 3 is 2.37 bits per heavy atom. The lowest BCUT2D eigenvalue weighted by Gasteiger charge is -2.35. The Morgan fingerprint density at radius 2 is 1.74 bits per heavy atom. The van der Waals surface area contributed by atoms with Crippen LogP contribution in [0.3, 0.4) is 0 Å². The highest BCUT2D eigenvalue weighted by molar-refractivity contribution is 6.00. The van der Waals surface area contributed by atoms with Gasteiger partial charge in [-0.05, 0) is 69.0 Å². The van der Waals surface area contributed by atoms with E-state index in [1.807, 2.05) is 31.2 Å². The third-order valence-corrected chi connectivity index (χ3v) is 5.70. The second kappa shape index (κ2) is 11.6. The van der Waals surface area contributed by atoms with Gasteiger partial charge in [0, 0.05) is 23.6 Å². The molecule has 0 fully saturated rings. The molecule has 3 rings (SSSR count). The lowest BCUT2D eigenvalue weighted by atomic mass is 9.94. The van der Waals surface area contributed by atoms with E-state index in [2.05, 4.69) is 22.9 Å². The van der Waals surface area contributed by atoms with Crippen LogP contribution in [0.15, 0.2) is 59.8 Å². The average Bonchev–Trinajstić information content (AvgIpc) is 2.81. The van der Waals surface area contributed by atoms with Gasteiger partial charge in [-0.15, -0.1) is 0 Å². The van der Waals surface area contributed by atoms with Gasteiger partial charge in [0.2, 0.25) is 0 Å². The number of amides is 4. The van der Waals surface area contributed by atoms with Crippen molar-refractivity contribution in [1.82, 2.24) is 10.2 Å². The summed E-state index contributed by atoms with van der Waals surface area (Å²) in [5.41, 5.74) is 4.14. The molecule has 0 bridgehead atoms. The molecule has 0 aromatic heterocycles. The standard InChI is InChI=1S/C27H34N4O4/c1-6-15-31-18(5)23(25(32)35-17(3)4)24(30-27(31)34)20-11-13-21(14-12-20)28-26(33)29-22-10-8-9-19(7-2)16-22/h8-14,16-17,24H,6-7,15H2,1-5H3,(H,30,34)(H2,28,29,33). The molecule has 0 spiro atoms. The number of allylic oxidation sites excluding steroid dienone is 1. The van der Waals surface area contributed by atoms with Crippen LogP contribution in [0.1, 0.15) is 58.2 Å². The van der Waals surface area contributed by atoms with Gasteiger partial charge >= 0.3 is 18.0 Å². The van der Waals surface area contributed by atoms with Gasteiger partial charge in [-0.2, -0.15) is 0 Å². The fourth-order valence-corrected chi connectivity index (χ4v) is 3.99. The number of nitrogens with one attached hydrogen (secondary N) is 3. The Bertz CT molecular complexity index is 1110. The molecule has 0 aliphatic carbocycles. The van der Waals surface area contributed by atoms with Crippen LogP contribution < -0.4 is 16.0 Å². The molecule has 1 aliphatic rings. The number of carbonyl (C=O) groups is 3. The minimum Gasteiger partial charge on any atom is -0.459 e. The van der Waals surface area contributed by atoms with Crippen LogP contribution in [0.5, 0.6) is 0 Å². The first-order chi connectivity index (χ1) is 16.7. The monoisotopic (exact) mass is 478 g/mol. The maximum absolute atomic E-state index is 13.0. The fraction of sp³-hybridized carbons (Fsp3) is 0.370. The van der Waals surface area contributed by atoms with Gasteiger partial charge < -0.3 is 20.7 Å². The molecule has 1 heterocycles. The van der Waals surface area contributed by atoms with Gasteiger partial charge in [0.1, 0.15) is 0 Å². The van der Waals surface area contributed by atoms with Crippen LogP contribution in [0, 0.1) is 0 Å². The zero-order valence-electron chi connectivity index (χ0n) is 21.0. The van der Waals surface area contributed by atoms with Crippen LogP contribution in [0.2, 0.25) is 0 Å². The summed E-state index contributed by atoms with van der Waals surface area (Å²) in [6.07, 6.45) is 1.35. The lowest BCUT2D eigenvalue weighted by molar-refractivity contribution is -0.143. The van der Waals surface area contributed by atoms with E-state index in [0.29, 0.717) is 34.8 Å². The number of esters is 1. The average molecular weight is 479 g/mol. The summed E-state index contributed by atoms with van der Waals surface area (Å²) in [6, 6.07) is 13.5. The number of hydrogen-bond donors (Lipinski definition) is 3. The molecule has 0 saturated carbocycles. The van der Waals surface area contributed by atoms with Crippen molar-refractivity contribution in [2.24, 2.45) is 0 Å². The van der Waals surface area contributed by atoms with E-state index in [4.69, 9.17) is 4.74 Å². The van der Waals surface area contributed by atoms with Crippen molar-refractivity contribution in [1.29, 1.82) is 0 Å². The number of anilines is 2. The molecule has 0 saturated heterocycles. The van der Waals surface area contributed by atoms with Crippen molar-refractivity contribution in [2.75, 3.05) is 17.2 Å². The summed E-state index contributed by atoms with van der Waals surface area (Å²) in [7, 11) is 0. The second-order valence-electron chi connectivity index (χ2n) is 8.74. The van der Waals surface area contributed by atoms with Crippen molar-refractivity contribution >= 4 is 29.4 Å². The number of hydrogen-bond acceptors (Lipinski definition) is 4. The smallest absolute Gasteiger partial charge is 0.338 e. The molecule has 35 heavy (non-hydrogen) atoms. The first-order valence-electron chi connectivity index (χ1n) is 12.0. The normalized spacial score (nSPS) is 15.7. The molecule has 3 N–H and O–H groups in total. The van der Waals surface area contributed by atoms with Crippen molar-refractivity contribution in [2.45, 2.75) is 59.6 Å². The van der Waals surface area contributed by atoms with E-state index in [1.165, 1.54) is 0 Å². The molecule has 1 unspecified atom stereocenters. The van der Waals surface area contributed by atoms with Gasteiger partial charge in [-0.25, -0.2) is 14.4 Å². The lowest BCUT2D eigenvalue weighted by Crippen LogP contribution is -2.48. The van der Waals surface area contributed by atoms with E-state index < -0.39 is 12.0 Å². The largest absolute Gasteiger partial charge is 0.459 e. The zero-order chi connectivity index (χ0) is 25.5. The van der Waals surface area contributed by atoms with Gasteiger partial charge in [0.25, 0.3) is 0 Å². The quantitative estimate of drug-likeness (QED) is 0.430. The molecule has 0 radical (unpaired) electrons. The van der Waals surface area contributed by atoms with E-state index in [1.54, 1.807) is 49.9 Å². The first-order valence-corrected chi connectivity index (χ1v) is 12.0. The number of benzene rings is 2. The first kappa shape index (κ1) is 25.8. The van der Waals surface area contributed by atoms with Crippen LogP contribution >= 0.6 is 0 Å². The summed E-state index contributed by atoms with van der Waals surface area (Å²) < 4.78 is 5.48. The Kier molecular flexibility index (Phi) is 8.52. The highest BCUT2D eigenvalue weighted by Crippen LogP contribution is 2.32. The van der Waals surface area contributed by atoms with Crippen molar-refractivity contribution in [3.05, 3.63) is 70.9 Å². The predicted octanol–water partition coefficient (Wildman–Crippen LogP) is 5.59. The molecule has 186 valence electrons. The maximum Gasteiger partial charge on any atom is 0.338 e. The number of ether oxygens (including phenoxy) is 1. The molecule has 2 aromatic carbocycles. The Hall–Kier alpha value is -3.81. The summed E-state index contributed by atoms with van der Waals surface area (Å²) in [4.78, 5) is 39.7. The van der Waals surface area contributed by atoms with Gasteiger partial charge in [-0.1, -0.05) is 38.1 Å². The molecule has 1 atom stereocenters. The topological polar surface area (TPSA) is 99.8 Å². The molecule has 8 nitrogen and oxygen atoms in total. The Labute approximate surface area is 206 Å². The third kappa shape index (κ3) is 6.41. The van der Waals surface area contributed by atoms with Gasteiger partial charge in [-0.3, -0.25) is 4.90 Å². The Balaban J connectivity index is 1.79. The Morgan fingerprint density at radius 1 is 1.06 bits per heavy atom. The van der Waals surface area contributed by atoms with Gasteiger partial charge in [0.05, 0.1) is 17.7 Å². The predicted molar refractivity (Wildman–Crippen MR) is 137 cm³/mol. The minimum atomic E-state index is -0.651. The SMILES string of the molecule is CCCN1C(=O)NC(c2ccc(NC(=O)Nc3cccc(CC)c3)cc2)C(C(=O)OC(C)C)=C1C. The zero-order valence-corrected chi connectivity index (χ0v) is 21.0. The number of aryl methyl sites for hydroxylation is 1. The third-order valence-electron chi connectivity index (χ3n) is 5.70. The fourth-order valence-electron chi connectivity index (χ4n) is 3.99. The summed E-state index contributed by atoms with van der Waals surface area (Å²) in [5.74, 6) is -0.459. The summed E-state index contributed by atoms with van der Waals surface area (Å²) in [5, 5.41) is 8.58. The molecule has 2 aromatic rings. The van der Waals surface area contributed by atoms with E-state index in [0.717, 1.165) is 18.4 Å². The molecule has 1 aliphatic heterocycles. The van der Waals surface area contributed by atoms with Gasteiger partial charge in [0.15, 0.2) is 0 Å². The minimum absolute atomic E-state index is 0.258. The molecular formula is C27H34N4O4. The van der Waals surface area contributed by atoms with Crippen molar-refractivity contribution in [3.63, 3.8) is 0 Å². The van der Waals surface area contributed by atoms with Crippen LogP contribution in [0.25, 0.3) is 0 Å². The van der Waals surface area contributed by atoms with Crippen molar-refractivity contribution < 1.29 is 19.1 Å². The van der Waals surface area contributed by atoms with Crippen molar-refractivity contribution in [3.8, 4) is 0 Å².